The Kier molecular flexibility index (Phi) is 6.33. The molecular formula is C20H18ClN5O4. The van der Waals surface area contributed by atoms with Crippen LogP contribution in [0.1, 0.15) is 18.9 Å². The molecule has 30 heavy (non-hydrogen) atoms. The highest BCUT2D eigenvalue weighted by atomic mass is 35.5. The number of aromatic amines is 1. The molecular weight excluding hydrogens is 410 g/mol. The maximum atomic E-state index is 12.4. The molecule has 10 heteroatoms. The number of H-pyrrole nitrogens is 1. The largest absolute Gasteiger partial charge is 0.493 e. The maximum Gasteiger partial charge on any atom is 0.339 e. The number of amides is 2. The molecule has 0 aliphatic rings. The Balaban J connectivity index is 1.96. The molecule has 0 fully saturated rings. The molecule has 0 saturated carbocycles. The highest BCUT2D eigenvalue weighted by molar-refractivity contribution is 6.30. The molecule has 3 rings (SSSR count). The Hall–Kier alpha value is -3.85. The number of benzene rings is 2. The number of hydrogen-bond donors (Lipinski definition) is 4. The number of carbonyl (C=O) groups is 1. The molecule has 0 radical (unpaired) electrons. The van der Waals surface area contributed by atoms with Gasteiger partial charge in [0.1, 0.15) is 5.56 Å². The van der Waals surface area contributed by atoms with Gasteiger partial charge in [0.25, 0.3) is 5.56 Å². The number of para-hydroxylation sites is 1. The molecule has 0 bridgehead atoms. The number of hydrogen-bond acceptors (Lipinski definition) is 5. The Labute approximate surface area is 175 Å². The fraction of sp³-hybridized carbons (Fsp3) is 0.100. The van der Waals surface area contributed by atoms with Gasteiger partial charge in [0.05, 0.1) is 11.4 Å². The quantitative estimate of drug-likeness (QED) is 0.368. The van der Waals surface area contributed by atoms with Crippen molar-refractivity contribution in [1.82, 2.24) is 15.0 Å². The van der Waals surface area contributed by atoms with Gasteiger partial charge in [0.15, 0.2) is 0 Å². The van der Waals surface area contributed by atoms with Crippen LogP contribution >= 0.6 is 11.6 Å². The van der Waals surface area contributed by atoms with Crippen molar-refractivity contribution in [2.45, 2.75) is 13.3 Å². The van der Waals surface area contributed by atoms with Crippen LogP contribution in [0.2, 0.25) is 5.02 Å². The van der Waals surface area contributed by atoms with Crippen molar-refractivity contribution in [1.29, 1.82) is 0 Å². The lowest BCUT2D eigenvalue weighted by Crippen LogP contribution is -2.34. The Morgan fingerprint density at radius 3 is 2.43 bits per heavy atom. The van der Waals surface area contributed by atoms with E-state index < -0.39 is 23.2 Å². The first-order valence-electron chi connectivity index (χ1n) is 8.94. The summed E-state index contributed by atoms with van der Waals surface area (Å²) < 4.78 is 0.919. The number of hydrazone groups is 1. The van der Waals surface area contributed by atoms with Crippen molar-refractivity contribution in [2.24, 2.45) is 5.10 Å². The minimum atomic E-state index is -0.825. The summed E-state index contributed by atoms with van der Waals surface area (Å²) in [5.74, 6) is -0.600. The number of aromatic hydroxyl groups is 1. The second-order valence-corrected chi connectivity index (χ2v) is 6.55. The average molecular weight is 428 g/mol. The SMILES string of the molecule is CCC(=NNC(=O)Nc1ccccc1)c1c(O)n(-c2ccc(Cl)cc2)c(=O)[nH]c1=O. The first-order chi connectivity index (χ1) is 14.4. The number of urea groups is 1. The number of nitrogens with zero attached hydrogens (tertiary/aromatic N) is 2. The van der Waals surface area contributed by atoms with Crippen LogP contribution in [0, 0.1) is 0 Å². The third-order valence-electron chi connectivity index (χ3n) is 4.12. The van der Waals surface area contributed by atoms with Gasteiger partial charge in [0, 0.05) is 10.7 Å². The minimum absolute atomic E-state index is 0.0830. The molecule has 0 unspecified atom stereocenters. The highest BCUT2D eigenvalue weighted by Crippen LogP contribution is 2.19. The van der Waals surface area contributed by atoms with E-state index in [2.05, 4.69) is 20.8 Å². The topological polar surface area (TPSA) is 129 Å². The van der Waals surface area contributed by atoms with Crippen LogP contribution in [-0.2, 0) is 0 Å². The lowest BCUT2D eigenvalue weighted by Gasteiger charge is -2.12. The molecule has 9 nitrogen and oxygen atoms in total. The summed E-state index contributed by atoms with van der Waals surface area (Å²) in [5, 5.41) is 17.6. The molecule has 0 atom stereocenters. The van der Waals surface area contributed by atoms with Crippen LogP contribution in [0.5, 0.6) is 5.88 Å². The van der Waals surface area contributed by atoms with Crippen LogP contribution in [-0.4, -0.2) is 26.4 Å². The van der Waals surface area contributed by atoms with Crippen molar-refractivity contribution in [2.75, 3.05) is 5.32 Å². The van der Waals surface area contributed by atoms with E-state index in [1.165, 1.54) is 24.3 Å². The monoisotopic (exact) mass is 427 g/mol. The van der Waals surface area contributed by atoms with Gasteiger partial charge in [-0.15, -0.1) is 0 Å². The van der Waals surface area contributed by atoms with Gasteiger partial charge in [-0.2, -0.15) is 5.10 Å². The first kappa shape index (κ1) is 20.9. The fourth-order valence-electron chi connectivity index (χ4n) is 2.73. The third-order valence-corrected chi connectivity index (χ3v) is 4.37. The van der Waals surface area contributed by atoms with E-state index in [1.54, 1.807) is 37.3 Å². The van der Waals surface area contributed by atoms with Crippen molar-refractivity contribution in [3.8, 4) is 11.6 Å². The predicted octanol–water partition coefficient (Wildman–Crippen LogP) is 2.82. The van der Waals surface area contributed by atoms with Crippen LogP contribution in [0.4, 0.5) is 10.5 Å². The highest BCUT2D eigenvalue weighted by Gasteiger charge is 2.20. The predicted molar refractivity (Wildman–Crippen MR) is 115 cm³/mol. The number of carbonyl (C=O) groups excluding carboxylic acids is 1. The summed E-state index contributed by atoms with van der Waals surface area (Å²) in [6, 6.07) is 14.2. The maximum absolute atomic E-state index is 12.4. The van der Waals surface area contributed by atoms with Gasteiger partial charge in [-0.1, -0.05) is 36.7 Å². The van der Waals surface area contributed by atoms with Crippen LogP contribution in [0.25, 0.3) is 5.69 Å². The van der Waals surface area contributed by atoms with Crippen molar-refractivity contribution >= 4 is 29.0 Å². The molecule has 3 aromatic rings. The standard InChI is InChI=1S/C20H18ClN5O4/c1-2-15(24-25-19(29)22-13-6-4-3-5-7-13)16-17(27)23-20(30)26(18(16)28)14-10-8-12(21)9-11-14/h3-11,28H,2H2,1H3,(H2,22,25,29)(H,23,27,30). The van der Waals surface area contributed by atoms with E-state index in [0.29, 0.717) is 16.4 Å². The normalized spacial score (nSPS) is 11.2. The molecule has 2 aromatic carbocycles. The summed E-state index contributed by atoms with van der Waals surface area (Å²) in [6.45, 7) is 1.69. The Bertz CT molecular complexity index is 1200. The zero-order chi connectivity index (χ0) is 21.7. The van der Waals surface area contributed by atoms with Gasteiger partial charge in [-0.05, 0) is 42.8 Å². The first-order valence-corrected chi connectivity index (χ1v) is 9.31. The van der Waals surface area contributed by atoms with E-state index in [4.69, 9.17) is 11.6 Å². The summed E-state index contributed by atoms with van der Waals surface area (Å²) in [7, 11) is 0. The molecule has 154 valence electrons. The second kappa shape index (κ2) is 9.10. The van der Waals surface area contributed by atoms with E-state index in [0.717, 1.165) is 4.57 Å². The van der Waals surface area contributed by atoms with Crippen LogP contribution < -0.4 is 22.0 Å². The minimum Gasteiger partial charge on any atom is -0.493 e. The number of rotatable bonds is 5. The summed E-state index contributed by atoms with van der Waals surface area (Å²) in [4.78, 5) is 38.9. The lowest BCUT2D eigenvalue weighted by molar-refractivity contribution is 0.252. The zero-order valence-corrected chi connectivity index (χ0v) is 16.6. The second-order valence-electron chi connectivity index (χ2n) is 6.11. The van der Waals surface area contributed by atoms with Gasteiger partial charge >= 0.3 is 11.7 Å². The van der Waals surface area contributed by atoms with Crippen molar-refractivity contribution < 1.29 is 9.90 Å². The van der Waals surface area contributed by atoms with Crippen LogP contribution in [0.3, 0.4) is 0 Å². The van der Waals surface area contributed by atoms with Gasteiger partial charge in [-0.25, -0.2) is 19.6 Å². The third kappa shape index (κ3) is 4.58. The summed E-state index contributed by atoms with van der Waals surface area (Å²) in [5.41, 5.74) is 1.34. The van der Waals surface area contributed by atoms with E-state index in [9.17, 15) is 19.5 Å². The summed E-state index contributed by atoms with van der Waals surface area (Å²) in [6.07, 6.45) is 0.196. The molecule has 0 aliphatic heterocycles. The average Bonchev–Trinajstić information content (AvgIpc) is 2.72. The number of anilines is 1. The molecule has 0 saturated heterocycles. The Morgan fingerprint density at radius 2 is 1.80 bits per heavy atom. The Morgan fingerprint density at radius 1 is 1.13 bits per heavy atom. The molecule has 0 spiro atoms. The number of aromatic nitrogens is 2. The number of halogens is 1. The smallest absolute Gasteiger partial charge is 0.339 e. The molecule has 1 aromatic heterocycles. The molecule has 4 N–H and O–H groups in total. The zero-order valence-electron chi connectivity index (χ0n) is 15.8. The summed E-state index contributed by atoms with van der Waals surface area (Å²) >= 11 is 5.86. The fourth-order valence-corrected chi connectivity index (χ4v) is 2.85. The molecule has 0 aliphatic carbocycles. The molecule has 1 heterocycles. The van der Waals surface area contributed by atoms with E-state index >= 15 is 0 Å². The van der Waals surface area contributed by atoms with Crippen molar-refractivity contribution in [3.63, 3.8) is 0 Å². The number of nitrogens with one attached hydrogen (secondary N) is 3. The van der Waals surface area contributed by atoms with Gasteiger partial charge < -0.3 is 10.4 Å². The van der Waals surface area contributed by atoms with Crippen molar-refractivity contribution in [3.05, 3.63) is 86.0 Å². The van der Waals surface area contributed by atoms with Gasteiger partial charge in [0.2, 0.25) is 5.88 Å². The lowest BCUT2D eigenvalue weighted by atomic mass is 10.1. The van der Waals surface area contributed by atoms with Crippen LogP contribution in [0.15, 0.2) is 69.3 Å². The molecule has 2 amide bonds. The van der Waals surface area contributed by atoms with Gasteiger partial charge in [-0.3, -0.25) is 9.78 Å². The van der Waals surface area contributed by atoms with E-state index in [1.807, 2.05) is 0 Å². The van der Waals surface area contributed by atoms with E-state index in [-0.39, 0.29) is 17.7 Å².